The van der Waals surface area contributed by atoms with Crippen LogP contribution in [0.3, 0.4) is 0 Å². The highest BCUT2D eigenvalue weighted by Gasteiger charge is 2.30. The van der Waals surface area contributed by atoms with Crippen LogP contribution < -0.4 is 0 Å². The lowest BCUT2D eigenvalue weighted by molar-refractivity contribution is -0.137. The molecule has 25 heavy (non-hydrogen) atoms. The summed E-state index contributed by atoms with van der Waals surface area (Å²) in [5.74, 6) is 0. The molecule has 0 N–H and O–H groups in total. The second kappa shape index (κ2) is 7.27. The summed E-state index contributed by atoms with van der Waals surface area (Å²) in [6, 6.07) is 10.5. The quantitative estimate of drug-likeness (QED) is 0.776. The lowest BCUT2D eigenvalue weighted by Gasteiger charge is -2.29. The van der Waals surface area contributed by atoms with Gasteiger partial charge in [-0.2, -0.15) is 13.2 Å². The summed E-state index contributed by atoms with van der Waals surface area (Å²) in [6.45, 7) is 2.11. The Kier molecular flexibility index (Phi) is 5.27. The summed E-state index contributed by atoms with van der Waals surface area (Å²) in [7, 11) is 0. The van der Waals surface area contributed by atoms with Crippen LogP contribution in [-0.4, -0.2) is 26.8 Å². The highest BCUT2D eigenvalue weighted by Crippen LogP contribution is 2.29. The number of hydrogen-bond acceptors (Lipinski definition) is 3. The SMILES string of the molecule is O=S([O-])c1ccc2c(c1)CCN(CCc1cccc(C(F)(F)F)c1)C2. The Balaban J connectivity index is 1.63. The van der Waals surface area contributed by atoms with E-state index in [0.29, 0.717) is 25.1 Å². The van der Waals surface area contributed by atoms with Gasteiger partial charge in [0.05, 0.1) is 5.56 Å². The molecule has 2 aromatic carbocycles. The van der Waals surface area contributed by atoms with Gasteiger partial charge >= 0.3 is 6.18 Å². The molecule has 0 bridgehead atoms. The van der Waals surface area contributed by atoms with Gasteiger partial charge in [-0.1, -0.05) is 24.3 Å². The fraction of sp³-hybridized carbons (Fsp3) is 0.333. The molecule has 0 fully saturated rings. The monoisotopic (exact) mass is 368 g/mol. The predicted octanol–water partition coefficient (Wildman–Crippen LogP) is 3.54. The third kappa shape index (κ3) is 4.48. The normalized spacial score (nSPS) is 16.5. The smallest absolute Gasteiger partial charge is 0.416 e. The topological polar surface area (TPSA) is 43.4 Å². The molecule has 3 nitrogen and oxygen atoms in total. The maximum absolute atomic E-state index is 12.8. The molecule has 3 rings (SSSR count). The molecule has 1 atom stereocenters. The van der Waals surface area contributed by atoms with Gasteiger partial charge in [-0.05, 0) is 58.8 Å². The van der Waals surface area contributed by atoms with Gasteiger partial charge in [0, 0.05) is 24.5 Å². The Morgan fingerprint density at radius 2 is 1.92 bits per heavy atom. The average Bonchev–Trinajstić information content (AvgIpc) is 2.58. The van der Waals surface area contributed by atoms with Crippen molar-refractivity contribution in [2.75, 3.05) is 13.1 Å². The van der Waals surface area contributed by atoms with Gasteiger partial charge in [-0.15, -0.1) is 0 Å². The molecule has 1 heterocycles. The Morgan fingerprint density at radius 1 is 1.12 bits per heavy atom. The van der Waals surface area contributed by atoms with Crippen molar-refractivity contribution in [1.82, 2.24) is 4.90 Å². The predicted molar refractivity (Wildman–Crippen MR) is 87.8 cm³/mol. The van der Waals surface area contributed by atoms with Crippen molar-refractivity contribution in [2.45, 2.75) is 30.5 Å². The maximum atomic E-state index is 12.8. The Hall–Kier alpha value is -1.70. The molecule has 0 aromatic heterocycles. The van der Waals surface area contributed by atoms with Gasteiger partial charge in [0.25, 0.3) is 0 Å². The van der Waals surface area contributed by atoms with E-state index in [2.05, 4.69) is 4.90 Å². The molecule has 0 aliphatic carbocycles. The fourth-order valence-corrected chi connectivity index (χ4v) is 3.49. The molecule has 7 heteroatoms. The Labute approximate surface area is 146 Å². The van der Waals surface area contributed by atoms with Crippen LogP contribution in [0.2, 0.25) is 0 Å². The summed E-state index contributed by atoms with van der Waals surface area (Å²) in [6.07, 6.45) is -3.04. The largest absolute Gasteiger partial charge is 0.768 e. The molecule has 0 amide bonds. The second-order valence-electron chi connectivity index (χ2n) is 6.14. The third-order valence-corrected chi connectivity index (χ3v) is 5.07. The van der Waals surface area contributed by atoms with Crippen LogP contribution in [0.4, 0.5) is 13.2 Å². The highest BCUT2D eigenvalue weighted by atomic mass is 32.2. The number of halogens is 3. The van der Waals surface area contributed by atoms with E-state index < -0.39 is 22.8 Å². The molecule has 0 saturated heterocycles. The zero-order valence-corrected chi connectivity index (χ0v) is 14.2. The first-order chi connectivity index (χ1) is 11.8. The molecule has 0 spiro atoms. The molecule has 1 aliphatic heterocycles. The summed E-state index contributed by atoms with van der Waals surface area (Å²) in [4.78, 5) is 2.47. The van der Waals surface area contributed by atoms with E-state index in [9.17, 15) is 21.9 Å². The lowest BCUT2D eigenvalue weighted by atomic mass is 9.99. The molecule has 1 unspecified atom stereocenters. The van der Waals surface area contributed by atoms with Crippen LogP contribution in [0.1, 0.15) is 22.3 Å². The summed E-state index contributed by atoms with van der Waals surface area (Å²) in [5.41, 5.74) is 2.14. The Bertz CT molecular complexity index is 792. The van der Waals surface area contributed by atoms with Crippen molar-refractivity contribution in [3.63, 3.8) is 0 Å². The third-order valence-electron chi connectivity index (χ3n) is 4.43. The zero-order valence-electron chi connectivity index (χ0n) is 13.4. The average molecular weight is 368 g/mol. The molecule has 1 aliphatic rings. The number of rotatable bonds is 4. The minimum Gasteiger partial charge on any atom is -0.768 e. The van der Waals surface area contributed by atoms with E-state index in [4.69, 9.17) is 0 Å². The van der Waals surface area contributed by atoms with E-state index in [1.807, 2.05) is 6.07 Å². The van der Waals surface area contributed by atoms with E-state index >= 15 is 0 Å². The first kappa shape index (κ1) is 18.1. The molecular formula is C18H17F3NO2S-. The second-order valence-corrected chi connectivity index (χ2v) is 7.08. The first-order valence-corrected chi connectivity index (χ1v) is 9.00. The zero-order chi connectivity index (χ0) is 18.0. The standard InChI is InChI=1S/C18H18F3NO2S/c19-18(20,21)16-3-1-2-13(10-16)6-8-22-9-7-14-11-17(25(23)24)5-4-15(14)12-22/h1-5,10-11H,6-9,12H2,(H,23,24)/p-1. The van der Waals surface area contributed by atoms with Crippen LogP contribution >= 0.6 is 0 Å². The van der Waals surface area contributed by atoms with Crippen LogP contribution in [-0.2, 0) is 36.6 Å². The lowest BCUT2D eigenvalue weighted by Crippen LogP contribution is -2.32. The fourth-order valence-electron chi connectivity index (χ4n) is 3.07. The van der Waals surface area contributed by atoms with Crippen molar-refractivity contribution in [2.24, 2.45) is 0 Å². The molecule has 2 aromatic rings. The highest BCUT2D eigenvalue weighted by molar-refractivity contribution is 7.79. The summed E-state index contributed by atoms with van der Waals surface area (Å²) in [5, 5.41) is 0. The number of benzene rings is 2. The van der Waals surface area contributed by atoms with E-state index in [1.165, 1.54) is 12.1 Å². The van der Waals surface area contributed by atoms with Crippen LogP contribution in [0.5, 0.6) is 0 Å². The van der Waals surface area contributed by atoms with E-state index in [0.717, 1.165) is 30.2 Å². The van der Waals surface area contributed by atoms with Gasteiger partial charge in [0.15, 0.2) is 0 Å². The number of nitrogens with zero attached hydrogens (tertiary/aromatic N) is 1. The summed E-state index contributed by atoms with van der Waals surface area (Å²) < 4.78 is 60.3. The van der Waals surface area contributed by atoms with Crippen molar-refractivity contribution >= 4 is 11.1 Å². The van der Waals surface area contributed by atoms with Crippen LogP contribution in [0.15, 0.2) is 47.4 Å². The molecular weight excluding hydrogens is 351 g/mol. The number of fused-ring (bicyclic) bond motifs is 1. The maximum Gasteiger partial charge on any atom is 0.416 e. The van der Waals surface area contributed by atoms with Gasteiger partial charge in [0.1, 0.15) is 0 Å². The van der Waals surface area contributed by atoms with E-state index in [-0.39, 0.29) is 4.90 Å². The van der Waals surface area contributed by atoms with Gasteiger partial charge in [0.2, 0.25) is 0 Å². The minimum atomic E-state index is -4.32. The molecule has 0 saturated carbocycles. The van der Waals surface area contributed by atoms with Crippen LogP contribution in [0.25, 0.3) is 0 Å². The minimum absolute atomic E-state index is 0.288. The van der Waals surface area contributed by atoms with Crippen molar-refractivity contribution < 1.29 is 21.9 Å². The van der Waals surface area contributed by atoms with Gasteiger partial charge < -0.3 is 4.55 Å². The van der Waals surface area contributed by atoms with Gasteiger partial charge in [-0.3, -0.25) is 9.11 Å². The molecule has 0 radical (unpaired) electrons. The van der Waals surface area contributed by atoms with Crippen molar-refractivity contribution in [3.05, 3.63) is 64.7 Å². The molecule has 134 valence electrons. The number of hydrogen-bond donors (Lipinski definition) is 0. The Morgan fingerprint density at radius 3 is 2.64 bits per heavy atom. The summed E-state index contributed by atoms with van der Waals surface area (Å²) >= 11 is -2.23. The van der Waals surface area contributed by atoms with Crippen LogP contribution in [0, 0.1) is 0 Å². The number of alkyl halides is 3. The van der Waals surface area contributed by atoms with Crippen molar-refractivity contribution in [3.8, 4) is 0 Å². The van der Waals surface area contributed by atoms with Gasteiger partial charge in [-0.25, -0.2) is 0 Å². The van der Waals surface area contributed by atoms with Crippen molar-refractivity contribution in [1.29, 1.82) is 0 Å². The first-order valence-electron chi connectivity index (χ1n) is 7.92. The van der Waals surface area contributed by atoms with E-state index in [1.54, 1.807) is 18.2 Å².